The van der Waals surface area contributed by atoms with E-state index in [0.717, 1.165) is 22.6 Å². The molecule has 1 fully saturated rings. The first-order chi connectivity index (χ1) is 13.9. The van der Waals surface area contributed by atoms with Crippen molar-refractivity contribution in [1.29, 1.82) is 0 Å². The van der Waals surface area contributed by atoms with E-state index >= 15 is 0 Å². The number of para-hydroxylation sites is 1. The van der Waals surface area contributed by atoms with Gasteiger partial charge in [0.05, 0.1) is 11.5 Å². The van der Waals surface area contributed by atoms with Crippen LogP contribution < -0.4 is 5.32 Å². The third-order valence-corrected chi connectivity index (χ3v) is 6.94. The maximum Gasteiger partial charge on any atom is 0.307 e. The molecule has 1 aliphatic carbocycles. The molecule has 5 nitrogen and oxygen atoms in total. The Balaban J connectivity index is 1.83. The Hall–Kier alpha value is -2.47. The van der Waals surface area contributed by atoms with Crippen LogP contribution in [-0.2, 0) is 16.0 Å². The molecule has 0 aliphatic heterocycles. The zero-order chi connectivity index (χ0) is 21.0. The smallest absolute Gasteiger partial charge is 0.307 e. The molecule has 2 aromatic rings. The van der Waals surface area contributed by atoms with Crippen LogP contribution in [0.15, 0.2) is 36.4 Å². The average molecular weight is 414 g/mol. The lowest BCUT2D eigenvalue weighted by molar-refractivity contribution is -0.148. The minimum atomic E-state index is -0.890. The fourth-order valence-electron chi connectivity index (χ4n) is 3.88. The second-order valence-electron chi connectivity index (χ2n) is 7.94. The molecular weight excluding hydrogens is 386 g/mol. The summed E-state index contributed by atoms with van der Waals surface area (Å²) in [7, 11) is 0. The second kappa shape index (κ2) is 9.35. The largest absolute Gasteiger partial charge is 0.481 e. The number of hydrogen-bond acceptors (Lipinski definition) is 4. The molecule has 0 saturated heterocycles. The van der Waals surface area contributed by atoms with Gasteiger partial charge in [0.25, 0.3) is 5.91 Å². The van der Waals surface area contributed by atoms with E-state index in [1.165, 1.54) is 11.3 Å². The van der Waals surface area contributed by atoms with Gasteiger partial charge in [-0.15, -0.1) is 11.3 Å². The first kappa shape index (κ1) is 21.2. The number of carboxylic acids is 1. The molecule has 0 spiro atoms. The van der Waals surface area contributed by atoms with E-state index in [4.69, 9.17) is 0 Å². The number of aliphatic carboxylic acids is 1. The number of amides is 1. The maximum atomic E-state index is 13.0. The third-order valence-electron chi connectivity index (χ3n) is 5.50. The van der Waals surface area contributed by atoms with E-state index in [2.05, 4.69) is 19.2 Å². The van der Waals surface area contributed by atoms with E-state index in [9.17, 15) is 19.5 Å². The number of benzene rings is 1. The number of hydrogen-bond donors (Lipinski definition) is 2. The van der Waals surface area contributed by atoms with Crippen molar-refractivity contribution in [3.63, 3.8) is 0 Å². The lowest BCUT2D eigenvalue weighted by Crippen LogP contribution is -2.33. The Labute approximate surface area is 175 Å². The number of ketones is 1. The molecule has 1 aromatic carbocycles. The molecule has 6 heteroatoms. The van der Waals surface area contributed by atoms with Gasteiger partial charge in [0.2, 0.25) is 0 Å². The molecule has 1 amide bonds. The minimum absolute atomic E-state index is 0.0667. The second-order valence-corrected chi connectivity index (χ2v) is 9.11. The number of carboxylic acid groups (broad SMARTS) is 1. The van der Waals surface area contributed by atoms with Crippen molar-refractivity contribution in [3.8, 4) is 0 Å². The minimum Gasteiger partial charge on any atom is -0.481 e. The van der Waals surface area contributed by atoms with Crippen molar-refractivity contribution in [3.05, 3.63) is 51.7 Å². The number of Topliss-reactive ketones (excluding diaryl/α,β-unsaturated/α-hetero) is 1. The topological polar surface area (TPSA) is 83.5 Å². The number of anilines is 1. The van der Waals surface area contributed by atoms with E-state index in [-0.39, 0.29) is 24.0 Å². The predicted octanol–water partition coefficient (Wildman–Crippen LogP) is 5.13. The SMILES string of the molecule is CC(C)c1cc(C(=O)Nc2ccccc2)c(CC(=O)C2CCCCC2C(=O)O)s1. The molecule has 154 valence electrons. The normalized spacial score (nSPS) is 19.1. The molecule has 1 heterocycles. The van der Waals surface area contributed by atoms with Gasteiger partial charge >= 0.3 is 5.97 Å². The zero-order valence-electron chi connectivity index (χ0n) is 16.8. The molecule has 0 bridgehead atoms. The van der Waals surface area contributed by atoms with Crippen LogP contribution in [0.25, 0.3) is 0 Å². The van der Waals surface area contributed by atoms with Gasteiger partial charge in [0.1, 0.15) is 5.78 Å². The van der Waals surface area contributed by atoms with Crippen LogP contribution in [-0.4, -0.2) is 22.8 Å². The van der Waals surface area contributed by atoms with Gasteiger partial charge in [-0.2, -0.15) is 0 Å². The standard InChI is InChI=1S/C23H27NO4S/c1-14(2)20-12-18(22(26)24-15-8-4-3-5-9-15)21(29-20)13-19(25)16-10-6-7-11-17(16)23(27)28/h3-5,8-9,12,14,16-17H,6-7,10-11,13H2,1-2H3,(H,24,26)(H,27,28). The number of nitrogens with one attached hydrogen (secondary N) is 1. The highest BCUT2D eigenvalue weighted by Gasteiger charge is 2.36. The Morgan fingerprint density at radius 2 is 1.76 bits per heavy atom. The summed E-state index contributed by atoms with van der Waals surface area (Å²) in [6.07, 6.45) is 3.01. The molecule has 2 N–H and O–H groups in total. The van der Waals surface area contributed by atoms with Gasteiger partial charge in [-0.25, -0.2) is 0 Å². The lowest BCUT2D eigenvalue weighted by atomic mass is 9.76. The highest BCUT2D eigenvalue weighted by atomic mass is 32.1. The Morgan fingerprint density at radius 3 is 2.38 bits per heavy atom. The van der Waals surface area contributed by atoms with Crippen LogP contribution in [0.2, 0.25) is 0 Å². The quantitative estimate of drug-likeness (QED) is 0.659. The molecular formula is C23H27NO4S. The van der Waals surface area contributed by atoms with Gasteiger partial charge in [-0.05, 0) is 37.0 Å². The molecule has 2 unspecified atom stereocenters. The van der Waals surface area contributed by atoms with Crippen LogP contribution in [0.5, 0.6) is 0 Å². The molecule has 1 saturated carbocycles. The van der Waals surface area contributed by atoms with Crippen LogP contribution in [0.3, 0.4) is 0 Å². The van der Waals surface area contributed by atoms with Gasteiger partial charge in [0, 0.05) is 27.8 Å². The summed E-state index contributed by atoms with van der Waals surface area (Å²) in [6.45, 7) is 4.11. The number of rotatable bonds is 7. The fourth-order valence-corrected chi connectivity index (χ4v) is 5.05. The lowest BCUT2D eigenvalue weighted by Gasteiger charge is -2.27. The van der Waals surface area contributed by atoms with E-state index in [0.29, 0.717) is 24.1 Å². The molecule has 0 radical (unpaired) electrons. The molecule has 2 atom stereocenters. The maximum absolute atomic E-state index is 13.0. The van der Waals surface area contributed by atoms with E-state index in [1.54, 1.807) is 0 Å². The number of carbonyl (C=O) groups excluding carboxylic acids is 2. The molecule has 29 heavy (non-hydrogen) atoms. The van der Waals surface area contributed by atoms with Gasteiger partial charge < -0.3 is 10.4 Å². The highest BCUT2D eigenvalue weighted by Crippen LogP contribution is 2.34. The van der Waals surface area contributed by atoms with E-state index < -0.39 is 17.8 Å². The van der Waals surface area contributed by atoms with Gasteiger partial charge in [-0.3, -0.25) is 14.4 Å². The van der Waals surface area contributed by atoms with Crippen molar-refractivity contribution < 1.29 is 19.5 Å². The Morgan fingerprint density at radius 1 is 1.10 bits per heavy atom. The van der Waals surface area contributed by atoms with Crippen molar-refractivity contribution in [2.45, 2.75) is 51.9 Å². The third kappa shape index (κ3) is 5.12. The number of carbonyl (C=O) groups is 3. The molecule has 1 aromatic heterocycles. The summed E-state index contributed by atoms with van der Waals surface area (Å²) in [5.74, 6) is -2.02. The van der Waals surface area contributed by atoms with E-state index in [1.807, 2.05) is 36.4 Å². The van der Waals surface area contributed by atoms with Crippen molar-refractivity contribution >= 4 is 34.7 Å². The summed E-state index contributed by atoms with van der Waals surface area (Å²) in [4.78, 5) is 39.2. The molecule has 3 rings (SSSR count). The zero-order valence-corrected chi connectivity index (χ0v) is 17.6. The van der Waals surface area contributed by atoms with Crippen LogP contribution >= 0.6 is 11.3 Å². The first-order valence-electron chi connectivity index (χ1n) is 10.1. The summed E-state index contributed by atoms with van der Waals surface area (Å²) >= 11 is 1.48. The summed E-state index contributed by atoms with van der Waals surface area (Å²) in [5.41, 5.74) is 1.21. The van der Waals surface area contributed by atoms with Crippen LogP contribution in [0.1, 0.15) is 65.6 Å². The predicted molar refractivity (Wildman–Crippen MR) is 115 cm³/mol. The Bertz CT molecular complexity index is 888. The fraction of sp³-hybridized carbons (Fsp3) is 0.435. The summed E-state index contributed by atoms with van der Waals surface area (Å²) in [5, 5.41) is 12.4. The number of thiophene rings is 1. The Kier molecular flexibility index (Phi) is 6.85. The van der Waals surface area contributed by atoms with Crippen LogP contribution in [0, 0.1) is 11.8 Å². The van der Waals surface area contributed by atoms with Crippen molar-refractivity contribution in [2.75, 3.05) is 5.32 Å². The monoisotopic (exact) mass is 413 g/mol. The van der Waals surface area contributed by atoms with Gasteiger partial charge in [0.15, 0.2) is 0 Å². The van der Waals surface area contributed by atoms with Crippen molar-refractivity contribution in [1.82, 2.24) is 0 Å². The molecule has 1 aliphatic rings. The van der Waals surface area contributed by atoms with Crippen LogP contribution in [0.4, 0.5) is 5.69 Å². The van der Waals surface area contributed by atoms with Gasteiger partial charge in [-0.1, -0.05) is 44.9 Å². The highest BCUT2D eigenvalue weighted by molar-refractivity contribution is 7.12. The summed E-state index contributed by atoms with van der Waals surface area (Å²) < 4.78 is 0. The average Bonchev–Trinajstić information content (AvgIpc) is 3.13. The van der Waals surface area contributed by atoms with Crippen molar-refractivity contribution in [2.24, 2.45) is 11.8 Å². The summed E-state index contributed by atoms with van der Waals surface area (Å²) in [6, 6.07) is 11.1. The first-order valence-corrected chi connectivity index (χ1v) is 10.9.